The average molecular weight is 340 g/mol. The number of hydrogen-bond donors (Lipinski definition) is 2. The molecule has 0 saturated carbocycles. The molecule has 2 aliphatic heterocycles. The minimum absolute atomic E-state index is 0.0201. The zero-order valence-corrected chi connectivity index (χ0v) is 14.0. The van der Waals surface area contributed by atoms with Crippen molar-refractivity contribution in [2.75, 3.05) is 38.3 Å². The first-order valence-electron chi connectivity index (χ1n) is 8.61. The van der Waals surface area contributed by atoms with E-state index in [0.29, 0.717) is 6.79 Å². The molecule has 0 unspecified atom stereocenters. The van der Waals surface area contributed by atoms with Crippen molar-refractivity contribution < 1.29 is 19.2 Å². The van der Waals surface area contributed by atoms with Crippen LogP contribution in [0.3, 0.4) is 0 Å². The number of nitrogens with one attached hydrogen (secondary N) is 2. The molecule has 2 aromatic carbocycles. The first-order valence-corrected chi connectivity index (χ1v) is 8.61. The normalized spacial score (nSPS) is 16.7. The molecule has 2 aliphatic rings. The second kappa shape index (κ2) is 7.03. The molecular formula is C19H22N3O3+. The van der Waals surface area contributed by atoms with Crippen LogP contribution in [0.25, 0.3) is 0 Å². The Hall–Kier alpha value is -2.73. The molecule has 2 aromatic rings. The Balaban J connectivity index is 1.29. The SMILES string of the molecule is O=C(Nc1ccccc1)N1CC[NH+](Cc2ccc3c(c2)OCO3)CC1. The van der Waals surface area contributed by atoms with E-state index in [-0.39, 0.29) is 6.03 Å². The maximum atomic E-state index is 12.3. The van der Waals surface area contributed by atoms with E-state index in [4.69, 9.17) is 9.47 Å². The molecule has 2 N–H and O–H groups in total. The van der Waals surface area contributed by atoms with E-state index in [1.165, 1.54) is 10.5 Å². The number of anilines is 1. The summed E-state index contributed by atoms with van der Waals surface area (Å²) in [7, 11) is 0. The molecule has 0 aromatic heterocycles. The van der Waals surface area contributed by atoms with E-state index < -0.39 is 0 Å². The highest BCUT2D eigenvalue weighted by molar-refractivity contribution is 5.89. The zero-order valence-electron chi connectivity index (χ0n) is 14.0. The molecule has 25 heavy (non-hydrogen) atoms. The van der Waals surface area contributed by atoms with Gasteiger partial charge in [-0.25, -0.2) is 4.79 Å². The highest BCUT2D eigenvalue weighted by Gasteiger charge is 2.24. The molecule has 6 heteroatoms. The Morgan fingerprint density at radius 1 is 1.04 bits per heavy atom. The van der Waals surface area contributed by atoms with Gasteiger partial charge in [-0.2, -0.15) is 0 Å². The fourth-order valence-corrected chi connectivity index (χ4v) is 3.27. The second-order valence-corrected chi connectivity index (χ2v) is 6.40. The lowest BCUT2D eigenvalue weighted by Gasteiger charge is -2.32. The van der Waals surface area contributed by atoms with Crippen molar-refractivity contribution in [2.24, 2.45) is 0 Å². The number of carbonyl (C=O) groups excluding carboxylic acids is 1. The Morgan fingerprint density at radius 3 is 2.60 bits per heavy atom. The first kappa shape index (κ1) is 15.8. The van der Waals surface area contributed by atoms with E-state index in [1.807, 2.05) is 41.3 Å². The van der Waals surface area contributed by atoms with Crippen LogP contribution >= 0.6 is 0 Å². The lowest BCUT2D eigenvalue weighted by molar-refractivity contribution is -0.917. The van der Waals surface area contributed by atoms with Gasteiger partial charge in [-0.05, 0) is 30.3 Å². The van der Waals surface area contributed by atoms with Gasteiger partial charge >= 0.3 is 6.03 Å². The van der Waals surface area contributed by atoms with Crippen LogP contribution in [0.2, 0.25) is 0 Å². The largest absolute Gasteiger partial charge is 0.454 e. The van der Waals surface area contributed by atoms with Gasteiger partial charge in [-0.1, -0.05) is 18.2 Å². The van der Waals surface area contributed by atoms with Gasteiger partial charge in [0.05, 0.1) is 26.2 Å². The summed E-state index contributed by atoms with van der Waals surface area (Å²) >= 11 is 0. The molecule has 0 atom stereocenters. The van der Waals surface area contributed by atoms with Crippen molar-refractivity contribution in [3.05, 3.63) is 54.1 Å². The monoisotopic (exact) mass is 340 g/mol. The quantitative estimate of drug-likeness (QED) is 0.887. The first-order chi connectivity index (χ1) is 12.3. The van der Waals surface area contributed by atoms with Crippen molar-refractivity contribution in [3.63, 3.8) is 0 Å². The number of hydrogen-bond acceptors (Lipinski definition) is 3. The van der Waals surface area contributed by atoms with Crippen LogP contribution in [0, 0.1) is 0 Å². The molecular weight excluding hydrogens is 318 g/mol. The number of urea groups is 1. The number of piperazine rings is 1. The number of nitrogens with zero attached hydrogens (tertiary/aromatic N) is 1. The number of quaternary nitrogens is 1. The molecule has 4 rings (SSSR count). The fraction of sp³-hybridized carbons (Fsp3) is 0.316. The van der Waals surface area contributed by atoms with Crippen molar-refractivity contribution in [1.29, 1.82) is 0 Å². The molecule has 1 saturated heterocycles. The lowest BCUT2D eigenvalue weighted by atomic mass is 10.1. The topological polar surface area (TPSA) is 55.2 Å². The number of fused-ring (bicyclic) bond motifs is 1. The van der Waals surface area contributed by atoms with Gasteiger partial charge in [-0.3, -0.25) is 0 Å². The summed E-state index contributed by atoms with van der Waals surface area (Å²) in [5, 5.41) is 2.95. The number of carbonyl (C=O) groups is 1. The summed E-state index contributed by atoms with van der Waals surface area (Å²) in [5.41, 5.74) is 2.07. The van der Waals surface area contributed by atoms with Crippen molar-refractivity contribution in [3.8, 4) is 11.5 Å². The third-order valence-corrected chi connectivity index (χ3v) is 4.67. The number of benzene rings is 2. The fourth-order valence-electron chi connectivity index (χ4n) is 3.27. The minimum atomic E-state index is -0.0201. The molecule has 0 spiro atoms. The van der Waals surface area contributed by atoms with Gasteiger partial charge in [0.15, 0.2) is 11.5 Å². The average Bonchev–Trinajstić information content (AvgIpc) is 3.11. The third-order valence-electron chi connectivity index (χ3n) is 4.67. The maximum absolute atomic E-state index is 12.3. The summed E-state index contributed by atoms with van der Waals surface area (Å²) < 4.78 is 10.8. The molecule has 1 fully saturated rings. The number of ether oxygens (including phenoxy) is 2. The summed E-state index contributed by atoms with van der Waals surface area (Å²) in [6.07, 6.45) is 0. The molecule has 130 valence electrons. The lowest BCUT2D eigenvalue weighted by Crippen LogP contribution is -3.13. The Labute approximate surface area is 146 Å². The highest BCUT2D eigenvalue weighted by Crippen LogP contribution is 2.32. The number of para-hydroxylation sites is 1. The van der Waals surface area contributed by atoms with Crippen LogP contribution < -0.4 is 19.7 Å². The zero-order chi connectivity index (χ0) is 17.1. The molecule has 2 amide bonds. The van der Waals surface area contributed by atoms with Gasteiger partial charge in [0, 0.05) is 11.3 Å². The predicted octanol–water partition coefficient (Wildman–Crippen LogP) is 1.35. The highest BCUT2D eigenvalue weighted by atomic mass is 16.7. The second-order valence-electron chi connectivity index (χ2n) is 6.40. The van der Waals surface area contributed by atoms with E-state index >= 15 is 0 Å². The predicted molar refractivity (Wildman–Crippen MR) is 94.0 cm³/mol. The van der Waals surface area contributed by atoms with Gasteiger partial charge in [0.1, 0.15) is 6.54 Å². The molecule has 2 heterocycles. The van der Waals surface area contributed by atoms with Crippen molar-refractivity contribution in [1.82, 2.24) is 4.90 Å². The van der Waals surface area contributed by atoms with E-state index in [2.05, 4.69) is 17.4 Å². The summed E-state index contributed by atoms with van der Waals surface area (Å²) in [6, 6.07) is 15.7. The standard InChI is InChI=1S/C19H21N3O3/c23-19(20-16-4-2-1-3-5-16)22-10-8-21(9-11-22)13-15-6-7-17-18(12-15)25-14-24-17/h1-7,12H,8-11,13-14H2,(H,20,23)/p+1. The van der Waals surface area contributed by atoms with Crippen LogP contribution in [0.4, 0.5) is 10.5 Å². The van der Waals surface area contributed by atoms with Crippen LogP contribution in [0.1, 0.15) is 5.56 Å². The molecule has 0 bridgehead atoms. The Bertz CT molecular complexity index is 743. The van der Waals surface area contributed by atoms with Crippen LogP contribution in [0.15, 0.2) is 48.5 Å². The van der Waals surface area contributed by atoms with Crippen LogP contribution in [-0.4, -0.2) is 43.9 Å². The smallest absolute Gasteiger partial charge is 0.322 e. The van der Waals surface area contributed by atoms with Gasteiger partial charge in [-0.15, -0.1) is 0 Å². The van der Waals surface area contributed by atoms with Gasteiger partial charge < -0.3 is 24.6 Å². The molecule has 6 nitrogen and oxygen atoms in total. The Morgan fingerprint density at radius 2 is 1.80 bits per heavy atom. The van der Waals surface area contributed by atoms with Crippen molar-refractivity contribution >= 4 is 11.7 Å². The van der Waals surface area contributed by atoms with Crippen molar-refractivity contribution in [2.45, 2.75) is 6.54 Å². The van der Waals surface area contributed by atoms with Gasteiger partial charge in [0.2, 0.25) is 6.79 Å². The summed E-state index contributed by atoms with van der Waals surface area (Å²) in [5.74, 6) is 1.65. The number of rotatable bonds is 3. The maximum Gasteiger partial charge on any atom is 0.322 e. The van der Waals surface area contributed by atoms with Crippen LogP contribution in [-0.2, 0) is 6.54 Å². The third kappa shape index (κ3) is 3.69. The van der Waals surface area contributed by atoms with Gasteiger partial charge in [0.25, 0.3) is 0 Å². The summed E-state index contributed by atoms with van der Waals surface area (Å²) in [6.45, 7) is 4.65. The van der Waals surface area contributed by atoms with Crippen LogP contribution in [0.5, 0.6) is 11.5 Å². The Kier molecular flexibility index (Phi) is 4.43. The van der Waals surface area contributed by atoms with E-state index in [9.17, 15) is 4.79 Å². The minimum Gasteiger partial charge on any atom is -0.454 e. The summed E-state index contributed by atoms with van der Waals surface area (Å²) in [4.78, 5) is 15.7. The van der Waals surface area contributed by atoms with E-state index in [0.717, 1.165) is 49.9 Å². The molecule has 0 aliphatic carbocycles. The number of amides is 2. The van der Waals surface area contributed by atoms with E-state index in [1.54, 1.807) is 0 Å². The molecule has 0 radical (unpaired) electrons.